The lowest BCUT2D eigenvalue weighted by Gasteiger charge is -2.32. The van der Waals surface area contributed by atoms with E-state index in [-0.39, 0.29) is 5.78 Å². The summed E-state index contributed by atoms with van der Waals surface area (Å²) in [6, 6.07) is 7.59. The van der Waals surface area contributed by atoms with Gasteiger partial charge >= 0.3 is 0 Å². The van der Waals surface area contributed by atoms with E-state index < -0.39 is 15.9 Å². The topological polar surface area (TPSA) is 66.2 Å². The molecule has 5 heteroatoms. The number of rotatable bonds is 6. The van der Waals surface area contributed by atoms with Crippen LogP contribution in [0.1, 0.15) is 52.4 Å². The van der Waals surface area contributed by atoms with Crippen LogP contribution in [0.3, 0.4) is 0 Å². The van der Waals surface area contributed by atoms with Crippen LogP contribution in [0.4, 0.5) is 0 Å². The van der Waals surface area contributed by atoms with Crippen LogP contribution in [0.2, 0.25) is 0 Å². The van der Waals surface area contributed by atoms with Crippen molar-refractivity contribution in [2.45, 2.75) is 36.3 Å². The molecule has 2 aromatic rings. The van der Waals surface area contributed by atoms with E-state index in [0.717, 1.165) is 18.4 Å². The highest BCUT2D eigenvalue weighted by atomic mass is 32.2. The number of hydrogen-bond acceptors (Lipinski definition) is 4. The van der Waals surface area contributed by atoms with Crippen molar-refractivity contribution in [3.05, 3.63) is 77.2 Å². The smallest absolute Gasteiger partial charge is 0.198 e. The van der Waals surface area contributed by atoms with E-state index in [4.69, 9.17) is 4.52 Å². The summed E-state index contributed by atoms with van der Waals surface area (Å²) in [4.78, 5) is 13.2. The zero-order chi connectivity index (χ0) is 18.1. The van der Waals surface area contributed by atoms with Crippen molar-refractivity contribution < 1.29 is 13.9 Å². The maximum atomic E-state index is 13.2. The molecule has 1 heterocycles. The number of carbonyl (C=O) groups excluding carboxylic acids is 1. The fourth-order valence-corrected chi connectivity index (χ4v) is 4.47. The van der Waals surface area contributed by atoms with E-state index >= 15 is 0 Å². The van der Waals surface area contributed by atoms with Crippen molar-refractivity contribution in [2.24, 2.45) is 0 Å². The predicted molar refractivity (Wildman–Crippen MR) is 102 cm³/mol. The van der Waals surface area contributed by atoms with Gasteiger partial charge in [0.05, 0.1) is 18.0 Å². The SMILES string of the molecule is C[S+]([O-])C1(Cc2ccccc2C(=O)c2cnoc2C2CC2)C=CC=CC1. The summed E-state index contributed by atoms with van der Waals surface area (Å²) in [6.07, 6.45) is 14.6. The third kappa shape index (κ3) is 3.17. The average Bonchev–Trinajstić information content (AvgIpc) is 3.39. The molecule has 2 atom stereocenters. The molecule has 134 valence electrons. The second-order valence-corrected chi connectivity index (χ2v) is 8.77. The van der Waals surface area contributed by atoms with Crippen molar-refractivity contribution in [1.82, 2.24) is 5.16 Å². The van der Waals surface area contributed by atoms with Gasteiger partial charge in [-0.3, -0.25) is 4.79 Å². The van der Waals surface area contributed by atoms with Crippen molar-refractivity contribution in [3.63, 3.8) is 0 Å². The molecule has 1 aromatic heterocycles. The molecular weight excluding hydrogens is 346 g/mol. The second-order valence-electron chi connectivity index (χ2n) is 7.05. The minimum atomic E-state index is -1.05. The van der Waals surface area contributed by atoms with E-state index in [9.17, 15) is 9.35 Å². The maximum Gasteiger partial charge on any atom is 0.198 e. The first-order valence-corrected chi connectivity index (χ1v) is 10.4. The number of ketones is 1. The summed E-state index contributed by atoms with van der Waals surface area (Å²) in [6.45, 7) is 0. The van der Waals surface area contributed by atoms with Crippen LogP contribution >= 0.6 is 0 Å². The van der Waals surface area contributed by atoms with Crippen molar-refractivity contribution in [1.29, 1.82) is 0 Å². The van der Waals surface area contributed by atoms with Crippen LogP contribution in [-0.2, 0) is 17.6 Å². The van der Waals surface area contributed by atoms with Gasteiger partial charge in [-0.25, -0.2) is 0 Å². The molecule has 1 saturated carbocycles. The molecule has 1 aromatic carbocycles. The number of aromatic nitrogens is 1. The van der Waals surface area contributed by atoms with Gasteiger partial charge in [0.2, 0.25) is 0 Å². The van der Waals surface area contributed by atoms with Gasteiger partial charge in [-0.15, -0.1) is 0 Å². The lowest BCUT2D eigenvalue weighted by atomic mass is 9.88. The molecule has 2 aliphatic carbocycles. The summed E-state index contributed by atoms with van der Waals surface area (Å²) in [7, 11) is 0. The normalized spacial score (nSPS) is 23.2. The molecule has 0 spiro atoms. The van der Waals surface area contributed by atoms with E-state index in [2.05, 4.69) is 5.16 Å². The van der Waals surface area contributed by atoms with Gasteiger partial charge in [0.15, 0.2) is 16.3 Å². The molecule has 0 N–H and O–H groups in total. The van der Waals surface area contributed by atoms with Crippen LogP contribution in [0.5, 0.6) is 0 Å². The summed E-state index contributed by atoms with van der Waals surface area (Å²) in [5.74, 6) is 0.972. The van der Waals surface area contributed by atoms with Gasteiger partial charge in [0.25, 0.3) is 0 Å². The van der Waals surface area contributed by atoms with Crippen molar-refractivity contribution >= 4 is 17.0 Å². The van der Waals surface area contributed by atoms with Gasteiger partial charge in [0.1, 0.15) is 0 Å². The van der Waals surface area contributed by atoms with Crippen LogP contribution in [-0.4, -0.2) is 26.5 Å². The molecular formula is C21H21NO3S. The molecule has 4 rings (SSSR count). The third-order valence-corrected chi connectivity index (χ3v) is 6.82. The van der Waals surface area contributed by atoms with Crippen LogP contribution < -0.4 is 0 Å². The molecule has 2 unspecified atom stereocenters. The fraction of sp³-hybridized carbons (Fsp3) is 0.333. The Labute approximate surface area is 156 Å². The number of carbonyl (C=O) groups is 1. The van der Waals surface area contributed by atoms with E-state index in [1.54, 1.807) is 6.26 Å². The first kappa shape index (κ1) is 17.3. The summed E-state index contributed by atoms with van der Waals surface area (Å²) >= 11 is -1.05. The van der Waals surface area contributed by atoms with Gasteiger partial charge < -0.3 is 9.08 Å². The second kappa shape index (κ2) is 6.89. The monoisotopic (exact) mass is 367 g/mol. The summed E-state index contributed by atoms with van der Waals surface area (Å²) in [5, 5.41) is 3.85. The number of hydrogen-bond donors (Lipinski definition) is 0. The molecule has 4 nitrogen and oxygen atoms in total. The molecule has 0 aliphatic heterocycles. The minimum Gasteiger partial charge on any atom is -0.616 e. The van der Waals surface area contributed by atoms with Gasteiger partial charge in [-0.2, -0.15) is 0 Å². The van der Waals surface area contributed by atoms with Crippen LogP contribution in [0, 0.1) is 0 Å². The number of allylic oxidation sites excluding steroid dienone is 3. The molecule has 2 aliphatic rings. The lowest BCUT2D eigenvalue weighted by Crippen LogP contribution is -2.39. The Morgan fingerprint density at radius 3 is 2.81 bits per heavy atom. The summed E-state index contributed by atoms with van der Waals surface area (Å²) < 4.78 is 17.4. The fourth-order valence-electron chi connectivity index (χ4n) is 3.51. The van der Waals surface area contributed by atoms with Gasteiger partial charge in [-0.05, 0) is 35.7 Å². The zero-order valence-corrected chi connectivity index (χ0v) is 15.5. The first-order valence-electron chi connectivity index (χ1n) is 8.86. The molecule has 0 bridgehead atoms. The molecule has 0 radical (unpaired) electrons. The average molecular weight is 367 g/mol. The van der Waals surface area contributed by atoms with E-state index in [0.29, 0.717) is 35.6 Å². The molecule has 0 amide bonds. The number of benzene rings is 1. The Bertz CT molecular complexity index is 879. The Morgan fingerprint density at radius 1 is 1.31 bits per heavy atom. The predicted octanol–water partition coefficient (Wildman–Crippen LogP) is 3.96. The third-order valence-electron chi connectivity index (χ3n) is 5.23. The maximum absolute atomic E-state index is 13.2. The Hall–Kier alpha value is -2.11. The quantitative estimate of drug-likeness (QED) is 0.572. The highest BCUT2D eigenvalue weighted by Gasteiger charge is 2.39. The number of nitrogens with zero attached hydrogens (tertiary/aromatic N) is 1. The Balaban J connectivity index is 1.68. The van der Waals surface area contributed by atoms with Gasteiger partial charge in [-0.1, -0.05) is 47.7 Å². The minimum absolute atomic E-state index is 0.0592. The van der Waals surface area contributed by atoms with E-state index in [1.807, 2.05) is 48.6 Å². The zero-order valence-electron chi connectivity index (χ0n) is 14.7. The largest absolute Gasteiger partial charge is 0.616 e. The molecule has 1 fully saturated rings. The van der Waals surface area contributed by atoms with Crippen molar-refractivity contribution in [3.8, 4) is 0 Å². The highest BCUT2D eigenvalue weighted by molar-refractivity contribution is 7.92. The summed E-state index contributed by atoms with van der Waals surface area (Å²) in [5.41, 5.74) is 2.12. The standard InChI is InChI=1S/C21H21NO3S/c1-26(24)21(11-5-2-6-12-21)13-16-7-3-4-8-17(16)19(23)18-14-22-25-20(18)15-9-10-15/h2-8,11,14-15H,9-10,12-13H2,1H3. The Kier molecular flexibility index (Phi) is 4.59. The van der Waals surface area contributed by atoms with Crippen molar-refractivity contribution in [2.75, 3.05) is 6.26 Å². The first-order chi connectivity index (χ1) is 12.6. The van der Waals surface area contributed by atoms with E-state index in [1.165, 1.54) is 6.20 Å². The van der Waals surface area contributed by atoms with Crippen LogP contribution in [0.25, 0.3) is 0 Å². The lowest BCUT2D eigenvalue weighted by molar-refractivity contribution is 0.103. The molecule has 26 heavy (non-hydrogen) atoms. The van der Waals surface area contributed by atoms with Crippen LogP contribution in [0.15, 0.2) is 59.3 Å². The van der Waals surface area contributed by atoms with Gasteiger partial charge in [0, 0.05) is 24.3 Å². The molecule has 0 saturated heterocycles. The Morgan fingerprint density at radius 2 is 2.12 bits per heavy atom. The highest BCUT2D eigenvalue weighted by Crippen LogP contribution is 2.42.